The molecule has 2 atom stereocenters. The highest BCUT2D eigenvalue weighted by molar-refractivity contribution is 5.49. The van der Waals surface area contributed by atoms with E-state index < -0.39 is 0 Å². The lowest BCUT2D eigenvalue weighted by atomic mass is 9.92. The molecular formula is C20H26N2O2. The van der Waals surface area contributed by atoms with Crippen molar-refractivity contribution in [2.75, 3.05) is 20.8 Å². The van der Waals surface area contributed by atoms with Gasteiger partial charge in [-0.25, -0.2) is 0 Å². The van der Waals surface area contributed by atoms with Crippen LogP contribution in [0.1, 0.15) is 29.7 Å². The Kier molecular flexibility index (Phi) is 5.07. The second-order valence-electron chi connectivity index (χ2n) is 6.33. The average molecular weight is 326 g/mol. The van der Waals surface area contributed by atoms with Gasteiger partial charge in [0.1, 0.15) is 0 Å². The van der Waals surface area contributed by atoms with E-state index in [0.29, 0.717) is 0 Å². The van der Waals surface area contributed by atoms with Crippen molar-refractivity contribution in [1.29, 1.82) is 0 Å². The Morgan fingerprint density at radius 2 is 1.79 bits per heavy atom. The molecule has 2 aromatic carbocycles. The highest BCUT2D eigenvalue weighted by Gasteiger charge is 2.29. The van der Waals surface area contributed by atoms with E-state index in [0.717, 1.165) is 30.9 Å². The van der Waals surface area contributed by atoms with Crippen LogP contribution in [0.5, 0.6) is 11.5 Å². The van der Waals surface area contributed by atoms with Crippen LogP contribution in [0.2, 0.25) is 0 Å². The molecule has 0 saturated heterocycles. The Bertz CT molecular complexity index is 688. The molecule has 4 heteroatoms. The molecular weight excluding hydrogens is 300 g/mol. The Labute approximate surface area is 144 Å². The maximum atomic E-state index is 6.52. The lowest BCUT2D eigenvalue weighted by Crippen LogP contribution is -2.47. The van der Waals surface area contributed by atoms with Crippen LogP contribution in [-0.2, 0) is 12.8 Å². The van der Waals surface area contributed by atoms with Gasteiger partial charge in [0.15, 0.2) is 11.5 Å². The maximum Gasteiger partial charge on any atom is 0.161 e. The third-order valence-electron chi connectivity index (χ3n) is 4.95. The Hall–Kier alpha value is -2.04. The van der Waals surface area contributed by atoms with Crippen LogP contribution >= 0.6 is 0 Å². The topological polar surface area (TPSA) is 47.7 Å². The monoisotopic (exact) mass is 326 g/mol. The highest BCUT2D eigenvalue weighted by Crippen LogP contribution is 2.38. The van der Waals surface area contributed by atoms with Gasteiger partial charge in [0.2, 0.25) is 0 Å². The number of fused-ring (bicyclic) bond motifs is 1. The zero-order chi connectivity index (χ0) is 17.1. The van der Waals surface area contributed by atoms with E-state index in [-0.39, 0.29) is 12.2 Å². The molecule has 2 unspecified atom stereocenters. The van der Waals surface area contributed by atoms with Crippen molar-refractivity contribution in [2.24, 2.45) is 5.73 Å². The molecule has 0 amide bonds. The minimum absolute atomic E-state index is 0.00338. The van der Waals surface area contributed by atoms with E-state index in [2.05, 4.69) is 48.2 Å². The molecule has 1 aliphatic heterocycles. The molecule has 0 aliphatic carbocycles. The number of nitrogens with two attached hydrogens (primary N) is 1. The minimum Gasteiger partial charge on any atom is -0.493 e. The third kappa shape index (κ3) is 3.25. The molecule has 128 valence electrons. The van der Waals surface area contributed by atoms with Gasteiger partial charge in [0, 0.05) is 19.0 Å². The van der Waals surface area contributed by atoms with Gasteiger partial charge in [0.25, 0.3) is 0 Å². The van der Waals surface area contributed by atoms with Gasteiger partial charge in [0.05, 0.1) is 20.4 Å². The average Bonchev–Trinajstić information content (AvgIpc) is 2.61. The van der Waals surface area contributed by atoms with Crippen molar-refractivity contribution in [1.82, 2.24) is 4.90 Å². The summed E-state index contributed by atoms with van der Waals surface area (Å²) in [5, 5.41) is 0. The highest BCUT2D eigenvalue weighted by atomic mass is 16.5. The lowest BCUT2D eigenvalue weighted by molar-refractivity contribution is 0.135. The second kappa shape index (κ2) is 7.24. The summed E-state index contributed by atoms with van der Waals surface area (Å²) in [6.45, 7) is 3.17. The maximum absolute atomic E-state index is 6.52. The van der Waals surface area contributed by atoms with Crippen molar-refractivity contribution < 1.29 is 9.47 Å². The van der Waals surface area contributed by atoms with Crippen LogP contribution in [-0.4, -0.2) is 31.8 Å². The first-order chi connectivity index (χ1) is 11.6. The first-order valence-electron chi connectivity index (χ1n) is 8.44. The van der Waals surface area contributed by atoms with Crippen LogP contribution < -0.4 is 15.2 Å². The smallest absolute Gasteiger partial charge is 0.161 e. The van der Waals surface area contributed by atoms with Gasteiger partial charge in [-0.2, -0.15) is 0 Å². The Balaban J connectivity index is 1.82. The molecule has 0 bridgehead atoms. The van der Waals surface area contributed by atoms with Crippen molar-refractivity contribution >= 4 is 0 Å². The number of benzene rings is 2. The SMILES string of the molecule is COc1cc2c(cc1OC)C(C)N(C(N)Cc1ccccc1)CC2. The number of nitrogens with zero attached hydrogens (tertiary/aromatic N) is 1. The number of ether oxygens (including phenoxy) is 2. The summed E-state index contributed by atoms with van der Waals surface area (Å²) < 4.78 is 10.9. The fourth-order valence-corrected chi connectivity index (χ4v) is 3.59. The summed E-state index contributed by atoms with van der Waals surface area (Å²) in [4.78, 5) is 2.38. The molecule has 0 aromatic heterocycles. The number of rotatable bonds is 5. The van der Waals surface area contributed by atoms with Crippen molar-refractivity contribution in [2.45, 2.75) is 32.0 Å². The van der Waals surface area contributed by atoms with Crippen molar-refractivity contribution in [3.8, 4) is 11.5 Å². The zero-order valence-corrected chi connectivity index (χ0v) is 14.7. The van der Waals surface area contributed by atoms with E-state index in [9.17, 15) is 0 Å². The summed E-state index contributed by atoms with van der Waals surface area (Å²) >= 11 is 0. The van der Waals surface area contributed by atoms with Gasteiger partial charge in [-0.15, -0.1) is 0 Å². The van der Waals surface area contributed by atoms with Crippen LogP contribution in [0.4, 0.5) is 0 Å². The predicted molar refractivity (Wildman–Crippen MR) is 96.5 cm³/mol. The fourth-order valence-electron chi connectivity index (χ4n) is 3.59. The quantitative estimate of drug-likeness (QED) is 0.917. The van der Waals surface area contributed by atoms with Crippen LogP contribution in [0.25, 0.3) is 0 Å². The van der Waals surface area contributed by atoms with Gasteiger partial charge >= 0.3 is 0 Å². The molecule has 0 fully saturated rings. The number of hydrogen-bond acceptors (Lipinski definition) is 4. The molecule has 0 radical (unpaired) electrons. The summed E-state index contributed by atoms with van der Waals surface area (Å²) in [5.74, 6) is 1.58. The van der Waals surface area contributed by atoms with Gasteiger partial charge in [-0.05, 0) is 42.2 Å². The molecule has 1 heterocycles. The summed E-state index contributed by atoms with van der Waals surface area (Å²) in [6.07, 6.45) is 1.83. The molecule has 1 aliphatic rings. The summed E-state index contributed by atoms with van der Waals surface area (Å²) in [6, 6.07) is 14.9. The minimum atomic E-state index is 0.00338. The molecule has 0 spiro atoms. The van der Waals surface area contributed by atoms with Gasteiger partial charge in [-0.1, -0.05) is 30.3 Å². The summed E-state index contributed by atoms with van der Waals surface area (Å²) in [5.41, 5.74) is 10.4. The van der Waals surface area contributed by atoms with E-state index in [1.54, 1.807) is 14.2 Å². The standard InChI is InChI=1S/C20H26N2O2/c1-14-17-13-19(24-3)18(23-2)12-16(17)9-10-22(14)20(21)11-15-7-5-4-6-8-15/h4-8,12-14,20H,9-11,21H2,1-3H3. The van der Waals surface area contributed by atoms with E-state index in [1.165, 1.54) is 16.7 Å². The Morgan fingerprint density at radius 3 is 2.46 bits per heavy atom. The first kappa shape index (κ1) is 16.8. The molecule has 3 rings (SSSR count). The van der Waals surface area contributed by atoms with E-state index >= 15 is 0 Å². The zero-order valence-electron chi connectivity index (χ0n) is 14.7. The normalized spacial score (nSPS) is 18.8. The molecule has 2 aromatic rings. The molecule has 4 nitrogen and oxygen atoms in total. The Morgan fingerprint density at radius 1 is 1.12 bits per heavy atom. The van der Waals surface area contributed by atoms with Crippen LogP contribution in [0.15, 0.2) is 42.5 Å². The fraction of sp³-hybridized carbons (Fsp3) is 0.400. The molecule has 24 heavy (non-hydrogen) atoms. The number of hydrogen-bond donors (Lipinski definition) is 1. The van der Waals surface area contributed by atoms with Crippen molar-refractivity contribution in [3.63, 3.8) is 0 Å². The number of methoxy groups -OCH3 is 2. The van der Waals surface area contributed by atoms with Crippen LogP contribution in [0, 0.1) is 0 Å². The lowest BCUT2D eigenvalue weighted by Gasteiger charge is -2.39. The first-order valence-corrected chi connectivity index (χ1v) is 8.44. The molecule has 0 saturated carbocycles. The third-order valence-corrected chi connectivity index (χ3v) is 4.95. The van der Waals surface area contributed by atoms with E-state index in [1.807, 2.05) is 6.07 Å². The van der Waals surface area contributed by atoms with E-state index in [4.69, 9.17) is 15.2 Å². The molecule has 2 N–H and O–H groups in total. The van der Waals surface area contributed by atoms with Gasteiger partial charge in [-0.3, -0.25) is 4.90 Å². The largest absolute Gasteiger partial charge is 0.493 e. The predicted octanol–water partition coefficient (Wildman–Crippen LogP) is 3.15. The van der Waals surface area contributed by atoms with Crippen molar-refractivity contribution in [3.05, 3.63) is 59.2 Å². The van der Waals surface area contributed by atoms with Crippen LogP contribution in [0.3, 0.4) is 0 Å². The summed E-state index contributed by atoms with van der Waals surface area (Å²) in [7, 11) is 3.36. The second-order valence-corrected chi connectivity index (χ2v) is 6.33. The van der Waals surface area contributed by atoms with Gasteiger partial charge < -0.3 is 15.2 Å².